The number of thiazole rings is 1. The first-order valence-corrected chi connectivity index (χ1v) is 11.0. The zero-order valence-corrected chi connectivity index (χ0v) is 18.0. The molecule has 0 radical (unpaired) electrons. The molecule has 0 aliphatic carbocycles. The number of anilines is 2. The van der Waals surface area contributed by atoms with E-state index in [9.17, 15) is 13.2 Å². The first-order valence-electron chi connectivity index (χ1n) is 7.96. The molecule has 146 valence electrons. The maximum Gasteiger partial charge on any atom is 0.265 e. The normalized spacial score (nSPS) is 11.3. The highest BCUT2D eigenvalue weighted by Crippen LogP contribution is 2.29. The number of nitrogens with zero attached hydrogens (tertiary/aromatic N) is 2. The molecule has 28 heavy (non-hydrogen) atoms. The molecule has 1 aromatic heterocycles. The molecular weight excluding hydrogens is 441 g/mol. The number of sulfonamides is 1. The maximum absolute atomic E-state index is 13.0. The summed E-state index contributed by atoms with van der Waals surface area (Å²) >= 11 is 13.3. The van der Waals surface area contributed by atoms with Crippen molar-refractivity contribution in [3.8, 4) is 0 Å². The van der Waals surface area contributed by atoms with E-state index in [1.165, 1.54) is 36.6 Å². The van der Waals surface area contributed by atoms with Gasteiger partial charge < -0.3 is 0 Å². The molecular formula is C18H15Cl2N3O3S2. The van der Waals surface area contributed by atoms with Crippen LogP contribution in [0.3, 0.4) is 0 Å². The van der Waals surface area contributed by atoms with Crippen LogP contribution in [0.1, 0.15) is 15.2 Å². The molecule has 2 aromatic carbocycles. The van der Waals surface area contributed by atoms with Gasteiger partial charge in [-0.15, -0.1) is 11.3 Å². The third-order valence-electron chi connectivity index (χ3n) is 3.86. The van der Waals surface area contributed by atoms with E-state index >= 15 is 0 Å². The molecule has 0 unspecified atom stereocenters. The Labute approximate surface area is 176 Å². The highest BCUT2D eigenvalue weighted by atomic mass is 35.5. The van der Waals surface area contributed by atoms with Gasteiger partial charge in [0.15, 0.2) is 5.13 Å². The summed E-state index contributed by atoms with van der Waals surface area (Å²) in [4.78, 5) is 17.3. The van der Waals surface area contributed by atoms with Crippen LogP contribution in [0, 0.1) is 6.92 Å². The minimum absolute atomic E-state index is 0.0162. The lowest BCUT2D eigenvalue weighted by Gasteiger charge is -2.20. The zero-order chi connectivity index (χ0) is 20.5. The third kappa shape index (κ3) is 4.30. The largest absolute Gasteiger partial charge is 0.298 e. The lowest BCUT2D eigenvalue weighted by Crippen LogP contribution is -2.27. The van der Waals surface area contributed by atoms with Gasteiger partial charge in [-0.25, -0.2) is 13.4 Å². The standard InChI is InChI=1S/C18H15Cl2N3O3S2/c1-11-10-21-18(27-11)22-17(24)12-3-8-15(20)16(9-12)28(25,26)23(2)14-6-4-13(19)5-7-14/h3-10H,1-2H3,(H,21,22,24). The molecule has 1 amide bonds. The second-order valence-corrected chi connectivity index (χ2v) is 9.84. The molecule has 1 heterocycles. The molecule has 0 aliphatic heterocycles. The van der Waals surface area contributed by atoms with E-state index < -0.39 is 15.9 Å². The van der Waals surface area contributed by atoms with E-state index in [4.69, 9.17) is 23.2 Å². The van der Waals surface area contributed by atoms with Crippen molar-refractivity contribution in [3.05, 3.63) is 69.1 Å². The van der Waals surface area contributed by atoms with Crippen LogP contribution < -0.4 is 9.62 Å². The first kappa shape index (κ1) is 20.6. The molecule has 0 spiro atoms. The van der Waals surface area contributed by atoms with Crippen LogP contribution in [0.5, 0.6) is 0 Å². The zero-order valence-electron chi connectivity index (χ0n) is 14.8. The van der Waals surface area contributed by atoms with Crippen LogP contribution in [-0.4, -0.2) is 26.4 Å². The van der Waals surface area contributed by atoms with Crippen molar-refractivity contribution in [1.82, 2.24) is 4.98 Å². The van der Waals surface area contributed by atoms with Gasteiger partial charge >= 0.3 is 0 Å². The molecule has 0 fully saturated rings. The number of halogens is 2. The lowest BCUT2D eigenvalue weighted by atomic mass is 10.2. The second kappa shape index (κ2) is 8.08. The van der Waals surface area contributed by atoms with Crippen LogP contribution in [0.25, 0.3) is 0 Å². The fourth-order valence-electron chi connectivity index (χ4n) is 2.36. The smallest absolute Gasteiger partial charge is 0.265 e. The first-order chi connectivity index (χ1) is 13.2. The Morgan fingerprint density at radius 2 is 1.82 bits per heavy atom. The molecule has 0 saturated carbocycles. The molecule has 6 nitrogen and oxygen atoms in total. The fraction of sp³-hybridized carbons (Fsp3) is 0.111. The fourth-order valence-corrected chi connectivity index (χ4v) is 4.84. The van der Waals surface area contributed by atoms with Gasteiger partial charge in [-0.2, -0.15) is 0 Å². The van der Waals surface area contributed by atoms with Crippen molar-refractivity contribution in [1.29, 1.82) is 0 Å². The van der Waals surface area contributed by atoms with Crippen molar-refractivity contribution in [2.45, 2.75) is 11.8 Å². The van der Waals surface area contributed by atoms with Gasteiger partial charge in [-0.05, 0) is 49.4 Å². The molecule has 0 bridgehead atoms. The molecule has 3 rings (SSSR count). The predicted octanol–water partition coefficient (Wildman–Crippen LogP) is 4.84. The Morgan fingerprint density at radius 1 is 1.14 bits per heavy atom. The van der Waals surface area contributed by atoms with Gasteiger partial charge in [0, 0.05) is 28.7 Å². The summed E-state index contributed by atoms with van der Waals surface area (Å²) in [6.45, 7) is 1.87. The van der Waals surface area contributed by atoms with Crippen molar-refractivity contribution < 1.29 is 13.2 Å². The van der Waals surface area contributed by atoms with Crippen molar-refractivity contribution in [2.75, 3.05) is 16.7 Å². The molecule has 0 aliphatic rings. The maximum atomic E-state index is 13.0. The number of aromatic nitrogens is 1. The number of benzene rings is 2. The van der Waals surface area contributed by atoms with E-state index in [0.717, 1.165) is 9.18 Å². The van der Waals surface area contributed by atoms with Gasteiger partial charge in [0.25, 0.3) is 15.9 Å². The summed E-state index contributed by atoms with van der Waals surface area (Å²) in [6, 6.07) is 10.4. The summed E-state index contributed by atoms with van der Waals surface area (Å²) in [5, 5.41) is 3.58. The van der Waals surface area contributed by atoms with E-state index in [1.54, 1.807) is 30.5 Å². The second-order valence-electron chi connectivity index (χ2n) is 5.82. The molecule has 0 saturated heterocycles. The number of hydrogen-bond acceptors (Lipinski definition) is 5. The number of carbonyl (C=O) groups is 1. The van der Waals surface area contributed by atoms with E-state index in [2.05, 4.69) is 10.3 Å². The van der Waals surface area contributed by atoms with Gasteiger partial charge in [0.05, 0.1) is 10.7 Å². The number of carbonyl (C=O) groups excluding carboxylic acids is 1. The summed E-state index contributed by atoms with van der Waals surface area (Å²) in [5.41, 5.74) is 0.564. The van der Waals surface area contributed by atoms with E-state index in [1.807, 2.05) is 6.92 Å². The topological polar surface area (TPSA) is 79.4 Å². The van der Waals surface area contributed by atoms with Crippen LogP contribution in [-0.2, 0) is 10.0 Å². The van der Waals surface area contributed by atoms with Crippen molar-refractivity contribution >= 4 is 61.3 Å². The molecule has 3 aromatic rings. The average molecular weight is 456 g/mol. The Bertz CT molecular complexity index is 1130. The summed E-state index contributed by atoms with van der Waals surface area (Å²) in [7, 11) is -2.59. The average Bonchev–Trinajstić information content (AvgIpc) is 3.06. The van der Waals surface area contributed by atoms with Crippen LogP contribution >= 0.6 is 34.5 Å². The molecule has 0 atom stereocenters. The van der Waals surface area contributed by atoms with Crippen molar-refractivity contribution in [3.63, 3.8) is 0 Å². The number of aryl methyl sites for hydroxylation is 1. The quantitative estimate of drug-likeness (QED) is 0.596. The van der Waals surface area contributed by atoms with Crippen molar-refractivity contribution in [2.24, 2.45) is 0 Å². The number of hydrogen-bond donors (Lipinski definition) is 1. The number of amides is 1. The van der Waals surface area contributed by atoms with Gasteiger partial charge in [0.2, 0.25) is 0 Å². The lowest BCUT2D eigenvalue weighted by molar-refractivity contribution is 0.102. The Hall–Kier alpha value is -2.13. The summed E-state index contributed by atoms with van der Waals surface area (Å²) < 4.78 is 27.2. The minimum atomic E-state index is -4.00. The highest BCUT2D eigenvalue weighted by molar-refractivity contribution is 7.93. The minimum Gasteiger partial charge on any atom is -0.298 e. The SMILES string of the molecule is Cc1cnc(NC(=O)c2ccc(Cl)c(S(=O)(=O)N(C)c3ccc(Cl)cc3)c2)s1. The molecule has 10 heteroatoms. The van der Waals surface area contributed by atoms with E-state index in [0.29, 0.717) is 15.8 Å². The van der Waals surface area contributed by atoms with Crippen LogP contribution in [0.4, 0.5) is 10.8 Å². The van der Waals surface area contributed by atoms with Crippen LogP contribution in [0.2, 0.25) is 10.0 Å². The molecule has 1 N–H and O–H groups in total. The van der Waals surface area contributed by atoms with Gasteiger partial charge in [-0.3, -0.25) is 14.4 Å². The predicted molar refractivity (Wildman–Crippen MR) is 113 cm³/mol. The van der Waals surface area contributed by atoms with Gasteiger partial charge in [-0.1, -0.05) is 23.2 Å². The van der Waals surface area contributed by atoms with Crippen LogP contribution in [0.15, 0.2) is 53.6 Å². The monoisotopic (exact) mass is 455 g/mol. The Kier molecular flexibility index (Phi) is 5.95. The summed E-state index contributed by atoms with van der Waals surface area (Å²) in [6.07, 6.45) is 1.64. The highest BCUT2D eigenvalue weighted by Gasteiger charge is 2.25. The summed E-state index contributed by atoms with van der Waals surface area (Å²) in [5.74, 6) is -0.475. The Morgan fingerprint density at radius 3 is 2.43 bits per heavy atom. The van der Waals surface area contributed by atoms with Gasteiger partial charge in [0.1, 0.15) is 4.90 Å². The third-order valence-corrected chi connectivity index (χ3v) is 7.21. The van der Waals surface area contributed by atoms with E-state index in [-0.39, 0.29) is 15.5 Å². The number of nitrogens with one attached hydrogen (secondary N) is 1. The Balaban J connectivity index is 1.93. The number of rotatable bonds is 5.